The molecule has 0 unspecified atom stereocenters. The Balaban J connectivity index is 2.35. The van der Waals surface area contributed by atoms with E-state index in [1.807, 2.05) is 24.3 Å². The van der Waals surface area contributed by atoms with Crippen molar-refractivity contribution in [2.45, 2.75) is 84.0 Å². The minimum absolute atomic E-state index is 0.0448. The van der Waals surface area contributed by atoms with Crippen LogP contribution in [0.25, 0.3) is 0 Å². The molecule has 0 aliphatic rings. The summed E-state index contributed by atoms with van der Waals surface area (Å²) in [6.07, 6.45) is 12.4. The van der Waals surface area contributed by atoms with Crippen LogP contribution in [0, 0.1) is 0 Å². The van der Waals surface area contributed by atoms with E-state index in [0.717, 1.165) is 23.0 Å². The molecule has 0 aliphatic heterocycles. The first-order valence-electron chi connectivity index (χ1n) is 10.3. The molecular weight excluding hydrogens is 406 g/mol. The Morgan fingerprint density at radius 2 is 1.37 bits per heavy atom. The molecule has 1 aromatic rings. The zero-order valence-corrected chi connectivity index (χ0v) is 18.2. The van der Waals surface area contributed by atoms with Crippen LogP contribution >= 0.6 is 15.9 Å². The van der Waals surface area contributed by atoms with Gasteiger partial charge in [0.2, 0.25) is 5.91 Å². The lowest BCUT2D eigenvalue weighted by Gasteiger charge is -2.23. The van der Waals surface area contributed by atoms with E-state index < -0.39 is 5.97 Å². The molecule has 1 N–H and O–H groups in total. The largest absolute Gasteiger partial charge is 0.481 e. The number of amides is 1. The Hall–Kier alpha value is -1.36. The highest BCUT2D eigenvalue weighted by Crippen LogP contribution is 2.21. The lowest BCUT2D eigenvalue weighted by Crippen LogP contribution is -2.32. The number of nitrogens with zero attached hydrogens (tertiary/aromatic N) is 1. The third kappa shape index (κ3) is 11.2. The topological polar surface area (TPSA) is 57.6 Å². The van der Waals surface area contributed by atoms with Gasteiger partial charge < -0.3 is 10.0 Å². The van der Waals surface area contributed by atoms with Crippen LogP contribution in [-0.2, 0) is 9.59 Å². The van der Waals surface area contributed by atoms with Crippen LogP contribution in [0.4, 0.5) is 5.69 Å². The fourth-order valence-corrected chi connectivity index (χ4v) is 3.39. The minimum Gasteiger partial charge on any atom is -0.481 e. The van der Waals surface area contributed by atoms with E-state index in [1.54, 1.807) is 4.90 Å². The molecule has 1 rings (SSSR count). The number of rotatable bonds is 15. The highest BCUT2D eigenvalue weighted by molar-refractivity contribution is 9.10. The highest BCUT2D eigenvalue weighted by atomic mass is 79.9. The van der Waals surface area contributed by atoms with Crippen molar-refractivity contribution in [3.8, 4) is 0 Å². The van der Waals surface area contributed by atoms with E-state index >= 15 is 0 Å². The summed E-state index contributed by atoms with van der Waals surface area (Å²) in [5.41, 5.74) is 0.838. The number of halogens is 1. The summed E-state index contributed by atoms with van der Waals surface area (Å²) in [5.74, 6) is -1.05. The molecule has 1 aromatic carbocycles. The summed E-state index contributed by atoms with van der Waals surface area (Å²) >= 11 is 3.41. The van der Waals surface area contributed by atoms with Gasteiger partial charge in [-0.15, -0.1) is 0 Å². The van der Waals surface area contributed by atoms with Gasteiger partial charge in [0, 0.05) is 23.1 Å². The van der Waals surface area contributed by atoms with Crippen molar-refractivity contribution in [2.75, 3.05) is 11.4 Å². The molecule has 27 heavy (non-hydrogen) atoms. The molecule has 0 aromatic heterocycles. The number of aliphatic carboxylic acids is 1. The van der Waals surface area contributed by atoms with Crippen molar-refractivity contribution in [3.63, 3.8) is 0 Å². The number of carboxylic acids is 1. The van der Waals surface area contributed by atoms with Gasteiger partial charge in [0.1, 0.15) is 0 Å². The number of hydrogen-bond donors (Lipinski definition) is 1. The second-order valence-electron chi connectivity index (χ2n) is 7.10. The summed E-state index contributed by atoms with van der Waals surface area (Å²) < 4.78 is 0.961. The first-order valence-corrected chi connectivity index (χ1v) is 11.1. The Kier molecular flexibility index (Phi) is 12.9. The van der Waals surface area contributed by atoms with Gasteiger partial charge in [-0.2, -0.15) is 0 Å². The smallest absolute Gasteiger partial charge is 0.303 e. The van der Waals surface area contributed by atoms with Crippen LogP contribution in [0.2, 0.25) is 0 Å². The first kappa shape index (κ1) is 23.7. The first-order chi connectivity index (χ1) is 13.0. The van der Waals surface area contributed by atoms with E-state index in [2.05, 4.69) is 22.9 Å². The molecule has 0 bridgehead atoms. The SMILES string of the molecule is CCCCCCCCCCCCN(C(=O)CCC(=O)O)c1ccc(Br)cc1. The van der Waals surface area contributed by atoms with Crippen LogP contribution < -0.4 is 4.90 Å². The Labute approximate surface area is 172 Å². The van der Waals surface area contributed by atoms with E-state index in [-0.39, 0.29) is 18.7 Å². The molecule has 152 valence electrons. The van der Waals surface area contributed by atoms with Crippen LogP contribution in [0.15, 0.2) is 28.7 Å². The minimum atomic E-state index is -0.932. The maximum absolute atomic E-state index is 12.5. The highest BCUT2D eigenvalue weighted by Gasteiger charge is 2.16. The molecule has 0 aliphatic carbocycles. The molecule has 0 atom stereocenters. The molecule has 0 saturated heterocycles. The molecule has 0 radical (unpaired) electrons. The average Bonchev–Trinajstić information content (AvgIpc) is 2.65. The number of carbonyl (C=O) groups is 2. The normalized spacial score (nSPS) is 10.7. The fourth-order valence-electron chi connectivity index (χ4n) is 3.13. The summed E-state index contributed by atoms with van der Waals surface area (Å²) in [6, 6.07) is 7.62. The van der Waals surface area contributed by atoms with Gasteiger partial charge in [-0.25, -0.2) is 0 Å². The van der Waals surface area contributed by atoms with Crippen molar-refractivity contribution in [1.29, 1.82) is 0 Å². The monoisotopic (exact) mass is 439 g/mol. The van der Waals surface area contributed by atoms with Crippen molar-refractivity contribution >= 4 is 33.5 Å². The molecule has 4 nitrogen and oxygen atoms in total. The van der Waals surface area contributed by atoms with E-state index in [4.69, 9.17) is 5.11 Å². The number of anilines is 1. The van der Waals surface area contributed by atoms with Crippen molar-refractivity contribution in [1.82, 2.24) is 0 Å². The molecule has 0 spiro atoms. The summed E-state index contributed by atoms with van der Waals surface area (Å²) in [4.78, 5) is 25.0. The van der Waals surface area contributed by atoms with Gasteiger partial charge in [-0.05, 0) is 30.7 Å². The predicted octanol–water partition coefficient (Wildman–Crippen LogP) is 6.57. The zero-order chi connectivity index (χ0) is 19.9. The number of benzene rings is 1. The number of hydrogen-bond acceptors (Lipinski definition) is 2. The maximum atomic E-state index is 12.5. The Morgan fingerprint density at radius 1 is 0.852 bits per heavy atom. The van der Waals surface area contributed by atoms with Gasteiger partial charge in [0.05, 0.1) is 6.42 Å². The summed E-state index contributed by atoms with van der Waals surface area (Å²) in [7, 11) is 0. The molecular formula is C22H34BrNO3. The number of unbranched alkanes of at least 4 members (excludes halogenated alkanes) is 9. The van der Waals surface area contributed by atoms with E-state index in [0.29, 0.717) is 6.54 Å². The molecule has 0 saturated carbocycles. The standard InChI is InChI=1S/C22H34BrNO3/c1-2-3-4-5-6-7-8-9-10-11-18-24(21(25)16-17-22(26)27)20-14-12-19(23)13-15-20/h12-15H,2-11,16-18H2,1H3,(H,26,27). The zero-order valence-electron chi connectivity index (χ0n) is 16.6. The quantitative estimate of drug-likeness (QED) is 0.314. The third-order valence-electron chi connectivity index (χ3n) is 4.73. The maximum Gasteiger partial charge on any atom is 0.303 e. The van der Waals surface area contributed by atoms with Crippen LogP contribution in [0.1, 0.15) is 84.0 Å². The summed E-state index contributed by atoms with van der Waals surface area (Å²) in [5, 5.41) is 8.84. The predicted molar refractivity (Wildman–Crippen MR) is 115 cm³/mol. The van der Waals surface area contributed by atoms with Crippen LogP contribution in [0.3, 0.4) is 0 Å². The van der Waals surface area contributed by atoms with E-state index in [1.165, 1.54) is 51.4 Å². The van der Waals surface area contributed by atoms with Gasteiger partial charge in [0.25, 0.3) is 0 Å². The Morgan fingerprint density at radius 3 is 1.89 bits per heavy atom. The van der Waals surface area contributed by atoms with Crippen molar-refractivity contribution in [3.05, 3.63) is 28.7 Å². The summed E-state index contributed by atoms with van der Waals surface area (Å²) in [6.45, 7) is 2.89. The van der Waals surface area contributed by atoms with E-state index in [9.17, 15) is 9.59 Å². The van der Waals surface area contributed by atoms with Crippen molar-refractivity contribution < 1.29 is 14.7 Å². The lowest BCUT2D eigenvalue weighted by molar-refractivity contribution is -0.138. The third-order valence-corrected chi connectivity index (χ3v) is 5.26. The number of carboxylic acid groups (broad SMARTS) is 1. The second-order valence-corrected chi connectivity index (χ2v) is 8.01. The van der Waals surface area contributed by atoms with Gasteiger partial charge >= 0.3 is 5.97 Å². The molecule has 5 heteroatoms. The second kappa shape index (κ2) is 14.7. The van der Waals surface area contributed by atoms with Gasteiger partial charge in [-0.3, -0.25) is 9.59 Å². The van der Waals surface area contributed by atoms with Gasteiger partial charge in [0.15, 0.2) is 0 Å². The molecule has 0 fully saturated rings. The van der Waals surface area contributed by atoms with Crippen molar-refractivity contribution in [2.24, 2.45) is 0 Å². The molecule has 0 heterocycles. The average molecular weight is 440 g/mol. The van der Waals surface area contributed by atoms with Crippen LogP contribution in [0.5, 0.6) is 0 Å². The number of carbonyl (C=O) groups excluding carboxylic acids is 1. The Bertz CT molecular complexity index is 545. The fraction of sp³-hybridized carbons (Fsp3) is 0.636. The molecule has 1 amide bonds. The van der Waals surface area contributed by atoms with Gasteiger partial charge in [-0.1, -0.05) is 80.6 Å². The van der Waals surface area contributed by atoms with Crippen LogP contribution in [-0.4, -0.2) is 23.5 Å². The lowest BCUT2D eigenvalue weighted by atomic mass is 10.1.